The van der Waals surface area contributed by atoms with Gasteiger partial charge in [0.1, 0.15) is 5.37 Å². The van der Waals surface area contributed by atoms with Crippen LogP contribution < -0.4 is 10.0 Å². The Hall–Kier alpha value is -1.33. The largest absolute Gasteiger partial charge is 0.350 e. The molecule has 0 spiro atoms. The highest BCUT2D eigenvalue weighted by Gasteiger charge is 2.29. The van der Waals surface area contributed by atoms with E-state index in [1.165, 1.54) is 25.7 Å². The number of para-hydroxylation sites is 1. The second-order valence-electron chi connectivity index (χ2n) is 6.21. The van der Waals surface area contributed by atoms with Gasteiger partial charge in [-0.05, 0) is 18.1 Å². The molecule has 0 saturated heterocycles. The van der Waals surface area contributed by atoms with Gasteiger partial charge in [-0.3, -0.25) is 0 Å². The predicted octanol–water partition coefficient (Wildman–Crippen LogP) is 3.89. The maximum absolute atomic E-state index is 12.1. The zero-order valence-electron chi connectivity index (χ0n) is 13.9. The second kappa shape index (κ2) is 8.50. The Morgan fingerprint density at radius 3 is 2.57 bits per heavy atom. The predicted molar refractivity (Wildman–Crippen MR) is 97.7 cm³/mol. The lowest BCUT2D eigenvalue weighted by Crippen LogP contribution is -2.45. The molecule has 1 atom stereocenters. The molecule has 1 aromatic carbocycles. The first-order chi connectivity index (χ1) is 11.0. The smallest absolute Gasteiger partial charge is 0.230 e. The molecule has 4 nitrogen and oxygen atoms in total. The molecule has 0 radical (unpaired) electrons. The summed E-state index contributed by atoms with van der Waals surface area (Å²) in [5.74, 6) is 0. The van der Waals surface area contributed by atoms with Crippen molar-refractivity contribution in [2.24, 2.45) is 5.14 Å². The van der Waals surface area contributed by atoms with Gasteiger partial charge in [-0.2, -0.15) is 0 Å². The Morgan fingerprint density at radius 2 is 1.83 bits per heavy atom. The molecule has 5 heteroatoms. The average Bonchev–Trinajstić information content (AvgIpc) is 2.53. The number of benzene rings is 1. The Balaban J connectivity index is 2.04. The summed E-state index contributed by atoms with van der Waals surface area (Å²) >= 11 is 0. The van der Waals surface area contributed by atoms with Crippen LogP contribution in [0.5, 0.6) is 0 Å². The van der Waals surface area contributed by atoms with Gasteiger partial charge in [-0.15, -0.1) is 0 Å². The molecule has 0 bridgehead atoms. The maximum Gasteiger partial charge on any atom is 0.230 e. The normalized spacial score (nSPS) is 15.5. The molecule has 2 N–H and O–H groups in total. The summed E-state index contributed by atoms with van der Waals surface area (Å²) < 4.78 is 24.2. The molecule has 1 unspecified atom stereocenters. The molecule has 1 aromatic rings. The number of primary sulfonamides is 1. The third-order valence-electron chi connectivity index (χ3n) is 4.38. The van der Waals surface area contributed by atoms with Gasteiger partial charge in [0, 0.05) is 12.2 Å². The number of nitrogens with zero attached hydrogens (tertiary/aromatic N) is 1. The average molecular weight is 337 g/mol. The summed E-state index contributed by atoms with van der Waals surface area (Å²) in [5, 5.41) is 4.90. The summed E-state index contributed by atoms with van der Waals surface area (Å²) in [6.45, 7) is 2.78. The van der Waals surface area contributed by atoms with E-state index < -0.39 is 15.4 Å². The van der Waals surface area contributed by atoms with E-state index in [0.717, 1.165) is 24.1 Å². The van der Waals surface area contributed by atoms with E-state index in [1.807, 2.05) is 41.3 Å². The van der Waals surface area contributed by atoms with Crippen LogP contribution in [0, 0.1) is 0 Å². The van der Waals surface area contributed by atoms with Gasteiger partial charge in [0.05, 0.1) is 0 Å². The van der Waals surface area contributed by atoms with Gasteiger partial charge in [-0.25, -0.2) is 13.6 Å². The first kappa shape index (κ1) is 18.0. The monoisotopic (exact) mass is 336 g/mol. The standard InChI is InChI=1S/C18H28N2O2S/c1-2-3-4-5-6-7-14-18(23(19,21)22)20-15-10-12-16-11-8-9-13-17(16)20/h8-13,18H,2-7,14-15H2,1H3,(H2,19,21,22). The minimum atomic E-state index is -3.61. The van der Waals surface area contributed by atoms with Gasteiger partial charge in [0.15, 0.2) is 0 Å². The maximum atomic E-state index is 12.1. The fourth-order valence-corrected chi connectivity index (χ4v) is 4.20. The number of hydrogen-bond acceptors (Lipinski definition) is 3. The Labute approximate surface area is 140 Å². The molecule has 1 aliphatic rings. The van der Waals surface area contributed by atoms with Crippen molar-refractivity contribution >= 4 is 21.8 Å². The first-order valence-electron chi connectivity index (χ1n) is 8.58. The molecule has 0 saturated carbocycles. The molecule has 0 aliphatic carbocycles. The quantitative estimate of drug-likeness (QED) is 0.696. The van der Waals surface area contributed by atoms with Gasteiger partial charge in [0.25, 0.3) is 0 Å². The van der Waals surface area contributed by atoms with Crippen LogP contribution in [-0.4, -0.2) is 20.3 Å². The number of rotatable bonds is 9. The van der Waals surface area contributed by atoms with Crippen LogP contribution in [0.25, 0.3) is 6.08 Å². The molecule has 128 valence electrons. The van der Waals surface area contributed by atoms with E-state index in [0.29, 0.717) is 13.0 Å². The summed E-state index contributed by atoms with van der Waals surface area (Å²) in [6.07, 6.45) is 11.5. The zero-order valence-corrected chi connectivity index (χ0v) is 14.8. The minimum absolute atomic E-state index is 0.590. The molecule has 23 heavy (non-hydrogen) atoms. The third kappa shape index (κ3) is 5.08. The minimum Gasteiger partial charge on any atom is -0.350 e. The van der Waals surface area contributed by atoms with Crippen LogP contribution >= 0.6 is 0 Å². The number of sulfonamides is 1. The van der Waals surface area contributed by atoms with Gasteiger partial charge in [0.2, 0.25) is 10.0 Å². The van der Waals surface area contributed by atoms with Crippen LogP contribution in [0.1, 0.15) is 57.4 Å². The molecule has 1 heterocycles. The third-order valence-corrected chi connectivity index (χ3v) is 5.63. The Kier molecular flexibility index (Phi) is 6.66. The van der Waals surface area contributed by atoms with Crippen molar-refractivity contribution in [3.63, 3.8) is 0 Å². The van der Waals surface area contributed by atoms with Crippen molar-refractivity contribution < 1.29 is 8.42 Å². The summed E-state index contributed by atoms with van der Waals surface area (Å²) in [6, 6.07) is 7.88. The van der Waals surface area contributed by atoms with E-state index in [9.17, 15) is 8.42 Å². The topological polar surface area (TPSA) is 63.4 Å². The molecule has 0 fully saturated rings. The highest BCUT2D eigenvalue weighted by Crippen LogP contribution is 2.30. The Morgan fingerprint density at radius 1 is 1.13 bits per heavy atom. The van der Waals surface area contributed by atoms with Gasteiger partial charge < -0.3 is 4.90 Å². The van der Waals surface area contributed by atoms with Crippen molar-refractivity contribution in [1.82, 2.24) is 0 Å². The number of anilines is 1. The van der Waals surface area contributed by atoms with Crippen LogP contribution in [0.3, 0.4) is 0 Å². The van der Waals surface area contributed by atoms with Crippen LogP contribution in [0.2, 0.25) is 0 Å². The summed E-state index contributed by atoms with van der Waals surface area (Å²) in [5.41, 5.74) is 2.01. The lowest BCUT2D eigenvalue weighted by atomic mass is 10.1. The zero-order chi connectivity index (χ0) is 16.7. The van der Waals surface area contributed by atoms with E-state index in [2.05, 4.69) is 6.92 Å². The molecule has 1 aliphatic heterocycles. The molecule has 2 rings (SSSR count). The van der Waals surface area contributed by atoms with E-state index in [-0.39, 0.29) is 0 Å². The summed E-state index contributed by atoms with van der Waals surface area (Å²) in [7, 11) is -3.61. The van der Waals surface area contributed by atoms with Crippen molar-refractivity contribution in [3.05, 3.63) is 35.9 Å². The lowest BCUT2D eigenvalue weighted by Gasteiger charge is -2.34. The molecule has 0 aromatic heterocycles. The Bertz CT molecular complexity index is 626. The van der Waals surface area contributed by atoms with E-state index in [1.54, 1.807) is 0 Å². The fraction of sp³-hybridized carbons (Fsp3) is 0.556. The second-order valence-corrected chi connectivity index (χ2v) is 7.94. The van der Waals surface area contributed by atoms with Gasteiger partial charge >= 0.3 is 0 Å². The van der Waals surface area contributed by atoms with Crippen molar-refractivity contribution in [3.8, 4) is 0 Å². The summed E-state index contributed by atoms with van der Waals surface area (Å²) in [4.78, 5) is 1.93. The number of hydrogen-bond donors (Lipinski definition) is 1. The van der Waals surface area contributed by atoms with Crippen LogP contribution in [0.4, 0.5) is 5.69 Å². The molecular formula is C18H28N2O2S. The highest BCUT2D eigenvalue weighted by molar-refractivity contribution is 7.89. The number of nitrogens with two attached hydrogens (primary N) is 1. The fourth-order valence-electron chi connectivity index (χ4n) is 3.15. The molecular weight excluding hydrogens is 308 g/mol. The van der Waals surface area contributed by atoms with Crippen LogP contribution in [-0.2, 0) is 10.0 Å². The van der Waals surface area contributed by atoms with Crippen molar-refractivity contribution in [2.45, 2.75) is 57.2 Å². The van der Waals surface area contributed by atoms with Crippen LogP contribution in [0.15, 0.2) is 30.3 Å². The lowest BCUT2D eigenvalue weighted by molar-refractivity contribution is 0.539. The van der Waals surface area contributed by atoms with Crippen molar-refractivity contribution in [2.75, 3.05) is 11.4 Å². The highest BCUT2D eigenvalue weighted by atomic mass is 32.2. The number of unbranched alkanes of at least 4 members (excludes halogenated alkanes) is 5. The van der Waals surface area contributed by atoms with Crippen molar-refractivity contribution in [1.29, 1.82) is 0 Å². The van der Waals surface area contributed by atoms with E-state index >= 15 is 0 Å². The molecule has 0 amide bonds. The SMILES string of the molecule is CCCCCCCCC(N1CC=Cc2ccccc21)S(N)(=O)=O. The number of fused-ring (bicyclic) bond motifs is 1. The van der Waals surface area contributed by atoms with E-state index in [4.69, 9.17) is 5.14 Å². The first-order valence-corrected chi connectivity index (χ1v) is 10.2. The van der Waals surface area contributed by atoms with Gasteiger partial charge in [-0.1, -0.05) is 75.8 Å².